The van der Waals surface area contributed by atoms with E-state index in [1.807, 2.05) is 24.3 Å². The van der Waals surface area contributed by atoms with E-state index in [0.29, 0.717) is 12.1 Å². The van der Waals surface area contributed by atoms with Gasteiger partial charge < -0.3 is 9.05 Å². The topological polar surface area (TPSA) is 21.7 Å². The van der Waals surface area contributed by atoms with Gasteiger partial charge in [-0.1, -0.05) is 72.8 Å². The monoisotopic (exact) mass is 361 g/mol. The van der Waals surface area contributed by atoms with Gasteiger partial charge in [0, 0.05) is 12.1 Å². The summed E-state index contributed by atoms with van der Waals surface area (Å²) in [6.45, 7) is 0. The summed E-state index contributed by atoms with van der Waals surface area (Å²) < 4.78 is 15.0. The highest BCUT2D eigenvalue weighted by Gasteiger charge is 2.46. The van der Waals surface area contributed by atoms with Crippen LogP contribution in [0.1, 0.15) is 36.1 Å². The van der Waals surface area contributed by atoms with Crippen molar-refractivity contribution in [3.63, 3.8) is 0 Å². The predicted molar refractivity (Wildman–Crippen MR) is 104 cm³/mol. The maximum atomic E-state index is 6.26. The second-order valence-electron chi connectivity index (χ2n) is 6.68. The zero-order chi connectivity index (χ0) is 17.3. The standard InChI is InChI=1S/C22H20NO2P/c1-3-9-17(10-4-1)19-15-16-20(18-11-5-2-6-12-18)23(19)26-24-21-13-7-8-14-22(21)25-26/h1-14,19-20H,15-16H2/t19-,20-/m1/s1. The van der Waals surface area contributed by atoms with Gasteiger partial charge in [-0.3, -0.25) is 0 Å². The fourth-order valence-corrected chi connectivity index (χ4v) is 5.71. The molecule has 0 unspecified atom stereocenters. The van der Waals surface area contributed by atoms with E-state index in [9.17, 15) is 0 Å². The second-order valence-corrected chi connectivity index (χ2v) is 7.98. The van der Waals surface area contributed by atoms with Gasteiger partial charge in [-0.05, 0) is 36.1 Å². The van der Waals surface area contributed by atoms with E-state index in [4.69, 9.17) is 9.05 Å². The molecule has 3 aromatic carbocycles. The molecule has 0 aromatic heterocycles. The van der Waals surface area contributed by atoms with Gasteiger partial charge in [0.2, 0.25) is 0 Å². The Kier molecular flexibility index (Phi) is 4.12. The van der Waals surface area contributed by atoms with Crippen LogP contribution in [0.15, 0.2) is 84.9 Å². The molecule has 2 aliphatic rings. The number of hydrogen-bond acceptors (Lipinski definition) is 3. The SMILES string of the molecule is c1ccc([C@H]2CC[C@H](c3ccccc3)N2P2Oc3ccccc3O2)cc1. The summed E-state index contributed by atoms with van der Waals surface area (Å²) in [5.74, 6) is 1.70. The van der Waals surface area contributed by atoms with Crippen LogP contribution in [0.2, 0.25) is 0 Å². The van der Waals surface area contributed by atoms with Crippen LogP contribution in [-0.4, -0.2) is 4.67 Å². The minimum absolute atomic E-state index is 0.307. The van der Waals surface area contributed by atoms with Crippen LogP contribution in [0.3, 0.4) is 0 Å². The number of rotatable bonds is 3. The number of nitrogens with zero attached hydrogens (tertiary/aromatic N) is 1. The first-order valence-corrected chi connectivity index (χ1v) is 10.2. The van der Waals surface area contributed by atoms with E-state index < -0.39 is 8.53 Å². The summed E-state index contributed by atoms with van der Waals surface area (Å²) >= 11 is 0. The van der Waals surface area contributed by atoms with Gasteiger partial charge >= 0.3 is 8.53 Å². The molecule has 2 atom stereocenters. The molecule has 3 aromatic rings. The number of fused-ring (bicyclic) bond motifs is 1. The third-order valence-corrected chi connectivity index (χ3v) is 6.75. The van der Waals surface area contributed by atoms with E-state index in [1.165, 1.54) is 11.1 Å². The van der Waals surface area contributed by atoms with Gasteiger partial charge in [-0.15, -0.1) is 0 Å². The number of para-hydroxylation sites is 2. The molecule has 0 bridgehead atoms. The highest BCUT2D eigenvalue weighted by atomic mass is 31.2. The van der Waals surface area contributed by atoms with Gasteiger partial charge in [0.05, 0.1) is 0 Å². The molecule has 130 valence electrons. The predicted octanol–water partition coefficient (Wildman–Crippen LogP) is 6.26. The lowest BCUT2D eigenvalue weighted by Crippen LogP contribution is -2.23. The molecule has 4 heteroatoms. The highest BCUT2D eigenvalue weighted by Crippen LogP contribution is 2.63. The molecule has 0 amide bonds. The van der Waals surface area contributed by atoms with E-state index in [2.05, 4.69) is 65.3 Å². The zero-order valence-electron chi connectivity index (χ0n) is 14.4. The average Bonchev–Trinajstić information content (AvgIpc) is 3.33. The van der Waals surface area contributed by atoms with Crippen molar-refractivity contribution in [3.05, 3.63) is 96.1 Å². The summed E-state index contributed by atoms with van der Waals surface area (Å²) in [7, 11) is -1.17. The van der Waals surface area contributed by atoms with Crippen LogP contribution in [-0.2, 0) is 0 Å². The molecule has 2 heterocycles. The van der Waals surface area contributed by atoms with Crippen molar-refractivity contribution in [2.45, 2.75) is 24.9 Å². The smallest absolute Gasteiger partial charge is 0.385 e. The van der Waals surface area contributed by atoms with Gasteiger partial charge in [0.25, 0.3) is 0 Å². The quantitative estimate of drug-likeness (QED) is 0.514. The molecular weight excluding hydrogens is 341 g/mol. The fraction of sp³-hybridized carbons (Fsp3) is 0.182. The average molecular weight is 361 g/mol. The van der Waals surface area contributed by atoms with Crippen molar-refractivity contribution in [1.82, 2.24) is 4.67 Å². The maximum absolute atomic E-state index is 6.26. The Balaban J connectivity index is 1.52. The third-order valence-electron chi connectivity index (χ3n) is 5.11. The van der Waals surface area contributed by atoms with Crippen LogP contribution in [0.5, 0.6) is 11.5 Å². The van der Waals surface area contributed by atoms with E-state index in [0.717, 1.165) is 24.3 Å². The van der Waals surface area contributed by atoms with Crippen LogP contribution in [0.4, 0.5) is 0 Å². The first-order valence-electron chi connectivity index (χ1n) is 9.03. The Labute approximate surface area is 155 Å². The fourth-order valence-electron chi connectivity index (χ4n) is 3.90. The summed E-state index contributed by atoms with van der Waals surface area (Å²) in [6.07, 6.45) is 2.21. The first-order chi connectivity index (χ1) is 12.9. The Morgan fingerprint density at radius 2 is 1.04 bits per heavy atom. The van der Waals surface area contributed by atoms with Gasteiger partial charge in [-0.25, -0.2) is 4.67 Å². The van der Waals surface area contributed by atoms with Crippen LogP contribution < -0.4 is 9.05 Å². The largest absolute Gasteiger partial charge is 0.423 e. The van der Waals surface area contributed by atoms with Crippen molar-refractivity contribution >= 4 is 8.53 Å². The van der Waals surface area contributed by atoms with Crippen LogP contribution >= 0.6 is 8.53 Å². The first kappa shape index (κ1) is 15.9. The Hall–Kier alpha value is -2.35. The van der Waals surface area contributed by atoms with Gasteiger partial charge in [0.1, 0.15) is 0 Å². The van der Waals surface area contributed by atoms with E-state index >= 15 is 0 Å². The van der Waals surface area contributed by atoms with E-state index in [1.54, 1.807) is 0 Å². The lowest BCUT2D eigenvalue weighted by Gasteiger charge is -2.31. The number of benzene rings is 3. The lowest BCUT2D eigenvalue weighted by atomic mass is 10.0. The maximum Gasteiger partial charge on any atom is 0.385 e. The molecule has 1 fully saturated rings. The molecule has 0 spiro atoms. The Bertz CT molecular complexity index is 814. The molecule has 26 heavy (non-hydrogen) atoms. The van der Waals surface area contributed by atoms with Gasteiger partial charge in [-0.2, -0.15) is 0 Å². The molecular formula is C22H20NO2P. The summed E-state index contributed by atoms with van der Waals surface area (Å²) in [6, 6.07) is 30.0. The Morgan fingerprint density at radius 1 is 0.615 bits per heavy atom. The normalized spacial score (nSPS) is 22.6. The summed E-state index contributed by atoms with van der Waals surface area (Å²) in [5.41, 5.74) is 2.66. The minimum Gasteiger partial charge on any atom is -0.423 e. The van der Waals surface area contributed by atoms with Crippen molar-refractivity contribution in [2.75, 3.05) is 0 Å². The summed E-state index contributed by atoms with van der Waals surface area (Å²) in [4.78, 5) is 0. The second kappa shape index (κ2) is 6.75. The van der Waals surface area contributed by atoms with Crippen molar-refractivity contribution in [2.24, 2.45) is 0 Å². The number of hydrogen-bond donors (Lipinski definition) is 0. The Morgan fingerprint density at radius 3 is 1.50 bits per heavy atom. The van der Waals surface area contributed by atoms with Crippen LogP contribution in [0, 0.1) is 0 Å². The van der Waals surface area contributed by atoms with Crippen molar-refractivity contribution in [1.29, 1.82) is 0 Å². The minimum atomic E-state index is -1.17. The van der Waals surface area contributed by atoms with Crippen molar-refractivity contribution in [3.8, 4) is 11.5 Å². The molecule has 1 saturated heterocycles. The highest BCUT2D eigenvalue weighted by molar-refractivity contribution is 7.45. The molecule has 5 rings (SSSR count). The third kappa shape index (κ3) is 2.78. The van der Waals surface area contributed by atoms with Crippen LogP contribution in [0.25, 0.3) is 0 Å². The molecule has 3 nitrogen and oxygen atoms in total. The zero-order valence-corrected chi connectivity index (χ0v) is 15.3. The van der Waals surface area contributed by atoms with Gasteiger partial charge in [0.15, 0.2) is 11.5 Å². The molecule has 0 saturated carbocycles. The van der Waals surface area contributed by atoms with Crippen molar-refractivity contribution < 1.29 is 9.05 Å². The van der Waals surface area contributed by atoms with E-state index in [-0.39, 0.29) is 0 Å². The molecule has 0 N–H and O–H groups in total. The molecule has 0 radical (unpaired) electrons. The molecule has 2 aliphatic heterocycles. The lowest BCUT2D eigenvalue weighted by molar-refractivity contribution is 0.304. The summed E-state index contributed by atoms with van der Waals surface area (Å²) in [5, 5.41) is 0. The molecule has 0 aliphatic carbocycles.